The molecule has 3 rings (SSSR count). The number of aryl methyl sites for hydroxylation is 2. The van der Waals surface area contributed by atoms with E-state index in [0.717, 1.165) is 32.5 Å². The Morgan fingerprint density at radius 3 is 2.94 bits per heavy atom. The highest BCUT2D eigenvalue weighted by molar-refractivity contribution is 7.12. The van der Waals surface area contributed by atoms with E-state index in [0.29, 0.717) is 0 Å². The van der Waals surface area contributed by atoms with Crippen LogP contribution in [0.3, 0.4) is 0 Å². The van der Waals surface area contributed by atoms with Crippen molar-refractivity contribution >= 4 is 11.3 Å². The quantitative estimate of drug-likeness (QED) is 0.915. The molecular weight excluding hydrogens is 246 g/mol. The Morgan fingerprint density at radius 1 is 1.44 bits per heavy atom. The van der Waals surface area contributed by atoms with Crippen LogP contribution in [0.5, 0.6) is 0 Å². The molecule has 0 radical (unpaired) electrons. The Morgan fingerprint density at radius 2 is 2.22 bits per heavy atom. The summed E-state index contributed by atoms with van der Waals surface area (Å²) in [6.45, 7) is 3.52. The normalized spacial score (nSPS) is 23.2. The molecule has 4 heteroatoms. The van der Waals surface area contributed by atoms with E-state index < -0.39 is 5.79 Å². The Hall–Kier alpha value is -0.420. The van der Waals surface area contributed by atoms with E-state index in [4.69, 9.17) is 15.2 Å². The summed E-state index contributed by atoms with van der Waals surface area (Å²) in [6, 6.07) is 2.57. The summed E-state index contributed by atoms with van der Waals surface area (Å²) in [5.74, 6) is -0.406. The van der Waals surface area contributed by atoms with Crippen LogP contribution in [0, 0.1) is 0 Å². The van der Waals surface area contributed by atoms with E-state index in [-0.39, 0.29) is 6.04 Å². The van der Waals surface area contributed by atoms with Crippen LogP contribution in [0.25, 0.3) is 0 Å². The van der Waals surface area contributed by atoms with Gasteiger partial charge in [0.05, 0.1) is 13.2 Å². The van der Waals surface area contributed by atoms with Gasteiger partial charge in [-0.25, -0.2) is 0 Å². The monoisotopic (exact) mass is 267 g/mol. The SMILES string of the molecule is CC(N)CCc1cc2c(s1)CCCC21OCCO1. The van der Waals surface area contributed by atoms with Gasteiger partial charge in [-0.05, 0) is 38.7 Å². The van der Waals surface area contributed by atoms with Crippen LogP contribution in [-0.2, 0) is 28.1 Å². The summed E-state index contributed by atoms with van der Waals surface area (Å²) >= 11 is 1.92. The third kappa shape index (κ3) is 2.23. The summed E-state index contributed by atoms with van der Waals surface area (Å²) in [5, 5.41) is 0. The molecule has 100 valence electrons. The van der Waals surface area contributed by atoms with Gasteiger partial charge in [0.15, 0.2) is 5.79 Å². The number of hydrogen-bond acceptors (Lipinski definition) is 4. The zero-order valence-corrected chi connectivity index (χ0v) is 11.7. The highest BCUT2D eigenvalue weighted by Gasteiger charge is 2.43. The first-order valence-electron chi connectivity index (χ1n) is 6.85. The van der Waals surface area contributed by atoms with Crippen molar-refractivity contribution in [2.24, 2.45) is 5.73 Å². The summed E-state index contributed by atoms with van der Waals surface area (Å²) in [6.07, 6.45) is 5.47. The highest BCUT2D eigenvalue weighted by Crippen LogP contribution is 2.45. The molecule has 0 saturated carbocycles. The maximum atomic E-state index is 5.91. The maximum Gasteiger partial charge on any atom is 0.196 e. The van der Waals surface area contributed by atoms with Crippen molar-refractivity contribution in [3.8, 4) is 0 Å². The van der Waals surface area contributed by atoms with Gasteiger partial charge in [0.2, 0.25) is 0 Å². The largest absolute Gasteiger partial charge is 0.343 e. The number of thiophene rings is 1. The number of ether oxygens (including phenoxy) is 2. The molecule has 1 saturated heterocycles. The molecule has 1 unspecified atom stereocenters. The van der Waals surface area contributed by atoms with Crippen LogP contribution in [0.2, 0.25) is 0 Å². The molecule has 1 spiro atoms. The predicted octanol–water partition coefficient (Wildman–Crippen LogP) is 2.56. The Balaban J connectivity index is 1.84. The third-order valence-electron chi connectivity index (χ3n) is 3.78. The second-order valence-corrected chi connectivity index (χ2v) is 6.59. The molecule has 0 amide bonds. The molecule has 2 N–H and O–H groups in total. The molecule has 0 aromatic carbocycles. The average molecular weight is 267 g/mol. The fourth-order valence-corrected chi connectivity index (χ4v) is 4.14. The first-order chi connectivity index (χ1) is 8.70. The minimum absolute atomic E-state index is 0.275. The van der Waals surface area contributed by atoms with Crippen LogP contribution < -0.4 is 5.73 Å². The number of fused-ring (bicyclic) bond motifs is 2. The lowest BCUT2D eigenvalue weighted by molar-refractivity contribution is -0.175. The summed E-state index contributed by atoms with van der Waals surface area (Å²) in [7, 11) is 0. The molecule has 2 heterocycles. The number of rotatable bonds is 3. The molecular formula is C14H21NO2S. The molecule has 18 heavy (non-hydrogen) atoms. The summed E-state index contributed by atoms with van der Waals surface area (Å²) in [5.41, 5.74) is 7.14. The van der Waals surface area contributed by atoms with Crippen molar-refractivity contribution in [3.05, 3.63) is 21.4 Å². The van der Waals surface area contributed by atoms with Gasteiger partial charge in [-0.15, -0.1) is 11.3 Å². The first-order valence-corrected chi connectivity index (χ1v) is 7.67. The van der Waals surface area contributed by atoms with Gasteiger partial charge in [0.1, 0.15) is 0 Å². The standard InChI is InChI=1S/C14H21NO2S/c1-10(15)4-5-11-9-12-13(18-11)3-2-6-14(12)16-7-8-17-14/h9-10H,2-8,15H2,1H3. The van der Waals surface area contributed by atoms with E-state index in [9.17, 15) is 0 Å². The molecule has 1 aliphatic heterocycles. The molecule has 1 atom stereocenters. The van der Waals surface area contributed by atoms with Crippen molar-refractivity contribution in [2.75, 3.05) is 13.2 Å². The van der Waals surface area contributed by atoms with E-state index in [1.165, 1.54) is 28.2 Å². The Bertz CT molecular complexity index is 421. The van der Waals surface area contributed by atoms with Gasteiger partial charge < -0.3 is 15.2 Å². The van der Waals surface area contributed by atoms with Gasteiger partial charge in [-0.1, -0.05) is 0 Å². The summed E-state index contributed by atoms with van der Waals surface area (Å²) in [4.78, 5) is 2.89. The second-order valence-electron chi connectivity index (χ2n) is 5.37. The van der Waals surface area contributed by atoms with Crippen molar-refractivity contribution in [1.82, 2.24) is 0 Å². The summed E-state index contributed by atoms with van der Waals surface area (Å²) < 4.78 is 11.8. The van der Waals surface area contributed by atoms with E-state index in [1.807, 2.05) is 11.3 Å². The molecule has 2 aliphatic rings. The second kappa shape index (κ2) is 4.93. The van der Waals surface area contributed by atoms with Crippen molar-refractivity contribution in [2.45, 2.75) is 50.9 Å². The lowest BCUT2D eigenvalue weighted by Gasteiger charge is -2.31. The molecule has 1 fully saturated rings. The van der Waals surface area contributed by atoms with Crippen LogP contribution in [0.15, 0.2) is 6.07 Å². The van der Waals surface area contributed by atoms with Crippen molar-refractivity contribution in [3.63, 3.8) is 0 Å². The maximum absolute atomic E-state index is 5.91. The molecule has 1 aromatic heterocycles. The topological polar surface area (TPSA) is 44.5 Å². The molecule has 0 bridgehead atoms. The van der Waals surface area contributed by atoms with Gasteiger partial charge in [-0.3, -0.25) is 0 Å². The van der Waals surface area contributed by atoms with Crippen LogP contribution in [0.1, 0.15) is 41.5 Å². The van der Waals surface area contributed by atoms with Crippen molar-refractivity contribution in [1.29, 1.82) is 0 Å². The molecule has 1 aromatic rings. The zero-order chi connectivity index (χ0) is 12.6. The van der Waals surface area contributed by atoms with Crippen LogP contribution >= 0.6 is 11.3 Å². The van der Waals surface area contributed by atoms with Gasteiger partial charge in [-0.2, -0.15) is 0 Å². The number of nitrogens with two attached hydrogens (primary N) is 1. The minimum Gasteiger partial charge on any atom is -0.343 e. The van der Waals surface area contributed by atoms with Crippen molar-refractivity contribution < 1.29 is 9.47 Å². The van der Waals surface area contributed by atoms with E-state index in [1.54, 1.807) is 0 Å². The Labute approximate surface area is 112 Å². The lowest BCUT2D eigenvalue weighted by Crippen LogP contribution is -2.30. The van der Waals surface area contributed by atoms with Gasteiger partial charge >= 0.3 is 0 Å². The predicted molar refractivity (Wildman–Crippen MR) is 72.8 cm³/mol. The smallest absolute Gasteiger partial charge is 0.196 e. The fourth-order valence-electron chi connectivity index (χ4n) is 2.86. The van der Waals surface area contributed by atoms with Gasteiger partial charge in [0.25, 0.3) is 0 Å². The lowest BCUT2D eigenvalue weighted by atomic mass is 9.92. The minimum atomic E-state index is -0.406. The van der Waals surface area contributed by atoms with Gasteiger partial charge in [0, 0.05) is 27.8 Å². The average Bonchev–Trinajstić information content (AvgIpc) is 2.95. The zero-order valence-electron chi connectivity index (χ0n) is 10.9. The number of hydrogen-bond donors (Lipinski definition) is 1. The van der Waals surface area contributed by atoms with E-state index >= 15 is 0 Å². The Kier molecular flexibility index (Phi) is 3.45. The highest BCUT2D eigenvalue weighted by atomic mass is 32.1. The van der Waals surface area contributed by atoms with Crippen LogP contribution in [-0.4, -0.2) is 19.3 Å². The van der Waals surface area contributed by atoms with E-state index in [2.05, 4.69) is 13.0 Å². The fraction of sp³-hybridized carbons (Fsp3) is 0.714. The van der Waals surface area contributed by atoms with Crippen LogP contribution in [0.4, 0.5) is 0 Å². The first kappa shape index (κ1) is 12.6. The third-order valence-corrected chi connectivity index (χ3v) is 5.03. The molecule has 3 nitrogen and oxygen atoms in total. The molecule has 1 aliphatic carbocycles.